The minimum absolute atomic E-state index is 0.675. The van der Waals surface area contributed by atoms with Crippen LogP contribution in [0.3, 0.4) is 0 Å². The van der Waals surface area contributed by atoms with Gasteiger partial charge in [-0.15, -0.1) is 0 Å². The second-order valence-corrected chi connectivity index (χ2v) is 7.12. The molecule has 20 heavy (non-hydrogen) atoms. The molecule has 0 amide bonds. The number of nitrogen functional groups attached to an aromatic ring is 1. The second-order valence-electron chi connectivity index (χ2n) is 6.68. The van der Waals surface area contributed by atoms with Crippen LogP contribution in [0.5, 0.6) is 0 Å². The molecule has 1 spiro atoms. The molecular weight excluding hydrogens is 268 g/mol. The van der Waals surface area contributed by atoms with Gasteiger partial charge in [0.15, 0.2) is 0 Å². The molecule has 1 aromatic carbocycles. The molecule has 0 unspecified atom stereocenters. The zero-order valence-corrected chi connectivity index (χ0v) is 13.0. The maximum atomic E-state index is 6.08. The Kier molecular flexibility index (Phi) is 4.23. The lowest BCUT2D eigenvalue weighted by molar-refractivity contribution is 0.0642. The lowest BCUT2D eigenvalue weighted by atomic mass is 9.68. The molecule has 2 fully saturated rings. The summed E-state index contributed by atoms with van der Waals surface area (Å²) in [5, 5.41) is 0.787. The first-order valence-electron chi connectivity index (χ1n) is 7.93. The molecule has 110 valence electrons. The van der Waals surface area contributed by atoms with Gasteiger partial charge in [-0.05, 0) is 68.0 Å². The van der Waals surface area contributed by atoms with Crippen molar-refractivity contribution >= 4 is 17.3 Å². The van der Waals surface area contributed by atoms with E-state index in [0.717, 1.165) is 17.3 Å². The third-order valence-corrected chi connectivity index (χ3v) is 5.57. The summed E-state index contributed by atoms with van der Waals surface area (Å²) in [6.07, 6.45) is 9.99. The molecule has 1 heterocycles. The molecule has 2 aliphatic rings. The van der Waals surface area contributed by atoms with Crippen LogP contribution in [0.2, 0.25) is 5.02 Å². The van der Waals surface area contributed by atoms with Gasteiger partial charge in [0.05, 0.1) is 0 Å². The van der Waals surface area contributed by atoms with Crippen LogP contribution >= 0.6 is 11.6 Å². The van der Waals surface area contributed by atoms with Crippen LogP contribution in [0, 0.1) is 5.41 Å². The van der Waals surface area contributed by atoms with Crippen LogP contribution < -0.4 is 5.73 Å². The number of anilines is 1. The zero-order valence-electron chi connectivity index (χ0n) is 12.2. The summed E-state index contributed by atoms with van der Waals surface area (Å²) in [4.78, 5) is 2.54. The van der Waals surface area contributed by atoms with Gasteiger partial charge in [-0.25, -0.2) is 0 Å². The third-order valence-electron chi connectivity index (χ3n) is 5.33. The topological polar surface area (TPSA) is 29.3 Å². The fourth-order valence-electron chi connectivity index (χ4n) is 3.94. The fraction of sp³-hybridized carbons (Fsp3) is 0.647. The molecule has 0 atom stereocenters. The molecular formula is C17H25ClN2. The van der Waals surface area contributed by atoms with E-state index in [9.17, 15) is 0 Å². The van der Waals surface area contributed by atoms with Crippen molar-refractivity contribution in [3.63, 3.8) is 0 Å². The number of nitrogens with two attached hydrogens (primary N) is 1. The van der Waals surface area contributed by atoms with E-state index in [4.69, 9.17) is 17.3 Å². The summed E-state index contributed by atoms with van der Waals surface area (Å²) in [5.74, 6) is 0. The number of nitrogens with zero attached hydrogens (tertiary/aromatic N) is 1. The van der Waals surface area contributed by atoms with Gasteiger partial charge < -0.3 is 5.73 Å². The van der Waals surface area contributed by atoms with Crippen molar-refractivity contribution in [2.24, 2.45) is 5.41 Å². The van der Waals surface area contributed by atoms with Crippen LogP contribution in [0.15, 0.2) is 18.2 Å². The number of benzene rings is 1. The standard InChI is InChI=1S/C17H25ClN2/c18-15-4-5-16(19)14(12-15)13-20-10-8-17(9-11-20)6-2-1-3-7-17/h4-5,12H,1-3,6-11,13,19H2. The minimum Gasteiger partial charge on any atom is -0.398 e. The van der Waals surface area contributed by atoms with Crippen LogP contribution in [0.4, 0.5) is 5.69 Å². The molecule has 0 bridgehead atoms. The molecule has 0 radical (unpaired) electrons. The van der Waals surface area contributed by atoms with Crippen molar-refractivity contribution in [3.05, 3.63) is 28.8 Å². The van der Waals surface area contributed by atoms with Gasteiger partial charge in [-0.2, -0.15) is 0 Å². The first-order chi connectivity index (χ1) is 9.67. The molecule has 1 aliphatic heterocycles. The van der Waals surface area contributed by atoms with Crippen molar-refractivity contribution in [1.29, 1.82) is 0 Å². The van der Waals surface area contributed by atoms with Crippen molar-refractivity contribution in [3.8, 4) is 0 Å². The fourth-order valence-corrected chi connectivity index (χ4v) is 4.13. The van der Waals surface area contributed by atoms with Gasteiger partial charge in [0.25, 0.3) is 0 Å². The summed E-state index contributed by atoms with van der Waals surface area (Å²) in [6.45, 7) is 3.38. The van der Waals surface area contributed by atoms with Crippen molar-refractivity contribution in [2.45, 2.75) is 51.5 Å². The number of likely N-dealkylation sites (tertiary alicyclic amines) is 1. The Labute approximate surface area is 127 Å². The van der Waals surface area contributed by atoms with E-state index in [1.165, 1.54) is 63.6 Å². The van der Waals surface area contributed by atoms with E-state index in [-0.39, 0.29) is 0 Å². The average Bonchev–Trinajstić information content (AvgIpc) is 2.47. The number of hydrogen-bond acceptors (Lipinski definition) is 2. The lowest BCUT2D eigenvalue weighted by Gasteiger charge is -2.44. The Balaban J connectivity index is 1.59. The maximum Gasteiger partial charge on any atom is 0.0410 e. The minimum atomic E-state index is 0.675. The first-order valence-corrected chi connectivity index (χ1v) is 8.31. The smallest absolute Gasteiger partial charge is 0.0410 e. The highest BCUT2D eigenvalue weighted by molar-refractivity contribution is 6.30. The highest BCUT2D eigenvalue weighted by atomic mass is 35.5. The van der Waals surface area contributed by atoms with E-state index < -0.39 is 0 Å². The average molecular weight is 293 g/mol. The molecule has 1 saturated heterocycles. The van der Waals surface area contributed by atoms with Crippen molar-refractivity contribution in [1.82, 2.24) is 4.90 Å². The monoisotopic (exact) mass is 292 g/mol. The molecule has 0 aromatic heterocycles. The normalized spacial score (nSPS) is 23.1. The number of halogens is 1. The molecule has 1 saturated carbocycles. The number of hydrogen-bond donors (Lipinski definition) is 1. The Hall–Kier alpha value is -0.730. The van der Waals surface area contributed by atoms with E-state index >= 15 is 0 Å². The highest BCUT2D eigenvalue weighted by Crippen LogP contribution is 2.44. The van der Waals surface area contributed by atoms with Crippen LogP contribution in [0.25, 0.3) is 0 Å². The Morgan fingerprint density at radius 2 is 1.75 bits per heavy atom. The molecule has 2 nitrogen and oxygen atoms in total. The third kappa shape index (κ3) is 3.12. The van der Waals surface area contributed by atoms with Gasteiger partial charge in [0, 0.05) is 17.3 Å². The molecule has 3 rings (SSSR count). The maximum absolute atomic E-state index is 6.08. The van der Waals surface area contributed by atoms with Crippen molar-refractivity contribution in [2.75, 3.05) is 18.8 Å². The Morgan fingerprint density at radius 3 is 2.45 bits per heavy atom. The van der Waals surface area contributed by atoms with Gasteiger partial charge in [-0.1, -0.05) is 30.9 Å². The SMILES string of the molecule is Nc1ccc(Cl)cc1CN1CCC2(CCCCC2)CC1. The summed E-state index contributed by atoms with van der Waals surface area (Å²) >= 11 is 6.08. The summed E-state index contributed by atoms with van der Waals surface area (Å²) in [5.41, 5.74) is 8.78. The van der Waals surface area contributed by atoms with Crippen LogP contribution in [-0.2, 0) is 6.54 Å². The highest BCUT2D eigenvalue weighted by Gasteiger charge is 2.35. The van der Waals surface area contributed by atoms with Crippen LogP contribution in [0.1, 0.15) is 50.5 Å². The predicted molar refractivity (Wildman–Crippen MR) is 85.9 cm³/mol. The summed E-state index contributed by atoms with van der Waals surface area (Å²) < 4.78 is 0. The molecule has 1 aliphatic carbocycles. The van der Waals surface area contributed by atoms with Gasteiger partial charge in [0.1, 0.15) is 0 Å². The molecule has 1 aromatic rings. The molecule has 3 heteroatoms. The number of piperidine rings is 1. The number of rotatable bonds is 2. The lowest BCUT2D eigenvalue weighted by Crippen LogP contribution is -2.40. The molecule has 2 N–H and O–H groups in total. The Bertz CT molecular complexity index is 456. The van der Waals surface area contributed by atoms with E-state index in [1.807, 2.05) is 18.2 Å². The summed E-state index contributed by atoms with van der Waals surface area (Å²) in [6, 6.07) is 5.81. The zero-order chi connectivity index (χ0) is 14.0. The van der Waals surface area contributed by atoms with E-state index in [1.54, 1.807) is 0 Å². The quantitative estimate of drug-likeness (QED) is 0.815. The Morgan fingerprint density at radius 1 is 1.05 bits per heavy atom. The van der Waals surface area contributed by atoms with Gasteiger partial charge >= 0.3 is 0 Å². The van der Waals surface area contributed by atoms with Crippen molar-refractivity contribution < 1.29 is 0 Å². The summed E-state index contributed by atoms with van der Waals surface area (Å²) in [7, 11) is 0. The van der Waals surface area contributed by atoms with E-state index in [0.29, 0.717) is 5.41 Å². The predicted octanol–water partition coefficient (Wildman–Crippen LogP) is 4.47. The second kappa shape index (κ2) is 5.95. The first kappa shape index (κ1) is 14.2. The van der Waals surface area contributed by atoms with E-state index in [2.05, 4.69) is 4.90 Å². The largest absolute Gasteiger partial charge is 0.398 e. The van der Waals surface area contributed by atoms with Crippen LogP contribution in [-0.4, -0.2) is 18.0 Å². The van der Waals surface area contributed by atoms with Gasteiger partial charge in [-0.3, -0.25) is 4.90 Å². The van der Waals surface area contributed by atoms with Gasteiger partial charge in [0.2, 0.25) is 0 Å².